The predicted molar refractivity (Wildman–Crippen MR) is 119 cm³/mol. The van der Waals surface area contributed by atoms with Crippen LogP contribution in [-0.4, -0.2) is 56.3 Å². The molecule has 2 aliphatic rings. The van der Waals surface area contributed by atoms with Crippen LogP contribution in [0.15, 0.2) is 48.8 Å². The van der Waals surface area contributed by atoms with Gasteiger partial charge < -0.3 is 30.0 Å². The molecular formula is C23H25N5O3. The van der Waals surface area contributed by atoms with Crippen molar-refractivity contribution in [1.82, 2.24) is 15.3 Å². The quantitative estimate of drug-likeness (QED) is 0.569. The Morgan fingerprint density at radius 1 is 1.23 bits per heavy atom. The lowest BCUT2D eigenvalue weighted by molar-refractivity contribution is -0.127. The molecule has 8 heteroatoms. The second-order valence-corrected chi connectivity index (χ2v) is 8.11. The third-order valence-electron chi connectivity index (χ3n) is 5.93. The monoisotopic (exact) mass is 419 g/mol. The topological polar surface area (TPSA) is 91.5 Å². The van der Waals surface area contributed by atoms with E-state index in [9.17, 15) is 4.79 Å². The number of benzene rings is 1. The first kappa shape index (κ1) is 19.4. The molecule has 1 aromatic carbocycles. The van der Waals surface area contributed by atoms with Gasteiger partial charge in [-0.2, -0.15) is 0 Å². The molecule has 3 aromatic rings. The normalized spacial score (nSPS) is 16.4. The molecule has 0 unspecified atom stereocenters. The van der Waals surface area contributed by atoms with E-state index >= 15 is 0 Å². The number of carbonyl (C=O) groups is 1. The lowest BCUT2D eigenvalue weighted by Gasteiger charge is -2.56. The Hall–Kier alpha value is -3.52. The van der Waals surface area contributed by atoms with Crippen LogP contribution in [0.4, 0.5) is 17.1 Å². The van der Waals surface area contributed by atoms with Crippen LogP contribution < -0.4 is 20.3 Å². The fourth-order valence-electron chi connectivity index (χ4n) is 4.25. The minimum atomic E-state index is -0.210. The summed E-state index contributed by atoms with van der Waals surface area (Å²) in [5, 5.41) is 6.09. The summed E-state index contributed by atoms with van der Waals surface area (Å²) in [5.74, 6) is 0.538. The third kappa shape index (κ3) is 3.38. The van der Waals surface area contributed by atoms with Gasteiger partial charge in [0.05, 0.1) is 59.8 Å². The van der Waals surface area contributed by atoms with E-state index in [0.29, 0.717) is 16.7 Å². The molecule has 0 bridgehead atoms. The molecule has 0 radical (unpaired) electrons. The molecule has 2 aromatic heterocycles. The minimum Gasteiger partial charge on any atom is -0.492 e. The number of hydrogen-bond donors (Lipinski definition) is 3. The number of amides is 1. The average molecular weight is 419 g/mol. The second-order valence-electron chi connectivity index (χ2n) is 8.11. The fourth-order valence-corrected chi connectivity index (χ4v) is 4.25. The summed E-state index contributed by atoms with van der Waals surface area (Å²) in [7, 11) is 3.28. The van der Waals surface area contributed by atoms with E-state index in [1.54, 1.807) is 20.4 Å². The number of ether oxygens (including phenoxy) is 2. The van der Waals surface area contributed by atoms with Gasteiger partial charge in [0.25, 0.3) is 5.91 Å². The number of hydrogen-bond acceptors (Lipinski definition) is 6. The molecule has 3 N–H and O–H groups in total. The van der Waals surface area contributed by atoms with Crippen LogP contribution in [0.25, 0.3) is 11.4 Å². The van der Waals surface area contributed by atoms with E-state index < -0.39 is 0 Å². The smallest absolute Gasteiger partial charge is 0.254 e. The van der Waals surface area contributed by atoms with Crippen LogP contribution in [0.3, 0.4) is 0 Å². The van der Waals surface area contributed by atoms with E-state index in [2.05, 4.69) is 31.6 Å². The fraction of sp³-hybridized carbons (Fsp3) is 0.304. The Morgan fingerprint density at radius 2 is 2.06 bits per heavy atom. The molecule has 160 valence electrons. The summed E-state index contributed by atoms with van der Waals surface area (Å²) in [6, 6.07) is 11.7. The standard InChI is InChI=1S/C23H25N5O3/c1-24-22(29)15-10-26-19(16-6-4-8-25-16)9-18(15)27-17-5-3-7-20(21(17)30-2)28-11-23(12-28)13-31-14-23/h3-10,25H,11-14H2,1-2H3,(H,24,29)(H,26,27). The lowest BCUT2D eigenvalue weighted by atomic mass is 9.77. The molecule has 31 heavy (non-hydrogen) atoms. The highest BCUT2D eigenvalue weighted by Crippen LogP contribution is 2.46. The molecule has 2 fully saturated rings. The summed E-state index contributed by atoms with van der Waals surface area (Å²) in [6.07, 6.45) is 3.43. The third-order valence-corrected chi connectivity index (χ3v) is 5.93. The molecule has 1 amide bonds. The van der Waals surface area contributed by atoms with Crippen molar-refractivity contribution in [2.75, 3.05) is 50.7 Å². The highest BCUT2D eigenvalue weighted by molar-refractivity contribution is 6.00. The van der Waals surface area contributed by atoms with E-state index in [4.69, 9.17) is 9.47 Å². The zero-order chi connectivity index (χ0) is 21.4. The van der Waals surface area contributed by atoms with E-state index in [1.807, 2.05) is 36.5 Å². The summed E-state index contributed by atoms with van der Waals surface area (Å²) < 4.78 is 11.2. The first-order valence-electron chi connectivity index (χ1n) is 10.2. The maximum Gasteiger partial charge on any atom is 0.254 e. The van der Waals surface area contributed by atoms with Gasteiger partial charge in [0.1, 0.15) is 0 Å². The van der Waals surface area contributed by atoms with Gasteiger partial charge in [0, 0.05) is 32.5 Å². The lowest BCUT2D eigenvalue weighted by Crippen LogP contribution is -2.66. The number of aromatic amines is 1. The molecule has 8 nitrogen and oxygen atoms in total. The second kappa shape index (κ2) is 7.63. The molecule has 4 heterocycles. The van der Waals surface area contributed by atoms with E-state index in [1.165, 1.54) is 0 Å². The zero-order valence-corrected chi connectivity index (χ0v) is 17.6. The number of nitrogens with zero attached hydrogens (tertiary/aromatic N) is 2. The van der Waals surface area contributed by atoms with Gasteiger partial charge >= 0.3 is 0 Å². The number of carbonyl (C=O) groups excluding carboxylic acids is 1. The van der Waals surface area contributed by atoms with Crippen molar-refractivity contribution in [2.45, 2.75) is 0 Å². The van der Waals surface area contributed by atoms with Crippen LogP contribution in [0, 0.1) is 5.41 Å². The number of pyridine rings is 1. The molecule has 2 aliphatic heterocycles. The molecule has 0 atom stereocenters. The number of nitrogens with one attached hydrogen (secondary N) is 3. The maximum absolute atomic E-state index is 12.5. The van der Waals surface area contributed by atoms with Gasteiger partial charge in [-0.15, -0.1) is 0 Å². The Bertz CT molecular complexity index is 1100. The van der Waals surface area contributed by atoms with Crippen molar-refractivity contribution >= 4 is 23.0 Å². The van der Waals surface area contributed by atoms with Crippen molar-refractivity contribution in [3.63, 3.8) is 0 Å². The van der Waals surface area contributed by atoms with Gasteiger partial charge in [0.15, 0.2) is 5.75 Å². The first-order chi connectivity index (χ1) is 15.1. The summed E-state index contributed by atoms with van der Waals surface area (Å²) in [6.45, 7) is 3.58. The first-order valence-corrected chi connectivity index (χ1v) is 10.2. The number of rotatable bonds is 6. The van der Waals surface area contributed by atoms with Crippen molar-refractivity contribution in [3.8, 4) is 17.1 Å². The van der Waals surface area contributed by atoms with Gasteiger partial charge in [0.2, 0.25) is 0 Å². The number of aromatic nitrogens is 2. The number of para-hydroxylation sites is 1. The van der Waals surface area contributed by atoms with Crippen LogP contribution >= 0.6 is 0 Å². The van der Waals surface area contributed by atoms with Gasteiger partial charge in [-0.25, -0.2) is 0 Å². The van der Waals surface area contributed by atoms with Crippen molar-refractivity contribution in [3.05, 3.63) is 54.4 Å². The van der Waals surface area contributed by atoms with Crippen LogP contribution in [0.1, 0.15) is 10.4 Å². The van der Waals surface area contributed by atoms with Gasteiger partial charge in [-0.3, -0.25) is 9.78 Å². The largest absolute Gasteiger partial charge is 0.492 e. The number of H-pyrrole nitrogens is 1. The molecule has 5 rings (SSSR count). The Balaban J connectivity index is 1.49. The predicted octanol–water partition coefficient (Wildman–Crippen LogP) is 3.03. The van der Waals surface area contributed by atoms with Crippen LogP contribution in [-0.2, 0) is 4.74 Å². The van der Waals surface area contributed by atoms with Crippen LogP contribution in [0.2, 0.25) is 0 Å². The highest BCUT2D eigenvalue weighted by atomic mass is 16.5. The van der Waals surface area contributed by atoms with Crippen molar-refractivity contribution < 1.29 is 14.3 Å². The SMILES string of the molecule is CNC(=O)c1cnc(-c2ccc[nH]2)cc1Nc1cccc(N2CC3(COC3)C2)c1OC. The van der Waals surface area contributed by atoms with Gasteiger partial charge in [-0.1, -0.05) is 6.07 Å². The molecule has 2 saturated heterocycles. The average Bonchev–Trinajstić information content (AvgIpc) is 3.26. The molecular weight excluding hydrogens is 394 g/mol. The van der Waals surface area contributed by atoms with Crippen molar-refractivity contribution in [2.24, 2.45) is 5.41 Å². The highest BCUT2D eigenvalue weighted by Gasteiger charge is 2.49. The number of methoxy groups -OCH3 is 1. The van der Waals surface area contributed by atoms with Gasteiger partial charge in [-0.05, 0) is 30.3 Å². The molecule has 1 spiro atoms. The minimum absolute atomic E-state index is 0.210. The Kier molecular flexibility index (Phi) is 4.78. The maximum atomic E-state index is 12.5. The Labute approximate surface area is 180 Å². The summed E-state index contributed by atoms with van der Waals surface area (Å²) in [4.78, 5) is 22.4. The van der Waals surface area contributed by atoms with Crippen LogP contribution in [0.5, 0.6) is 5.75 Å². The Morgan fingerprint density at radius 3 is 2.71 bits per heavy atom. The summed E-state index contributed by atoms with van der Waals surface area (Å²) >= 11 is 0. The van der Waals surface area contributed by atoms with Crippen molar-refractivity contribution in [1.29, 1.82) is 0 Å². The van der Waals surface area contributed by atoms with E-state index in [0.717, 1.165) is 54.8 Å². The molecule has 0 saturated carbocycles. The van der Waals surface area contributed by atoms with E-state index in [-0.39, 0.29) is 5.91 Å². The number of anilines is 3. The zero-order valence-electron chi connectivity index (χ0n) is 17.6. The molecule has 0 aliphatic carbocycles. The summed E-state index contributed by atoms with van der Waals surface area (Å²) in [5.41, 5.74) is 4.86.